The summed E-state index contributed by atoms with van der Waals surface area (Å²) in [7, 11) is 0. The van der Waals surface area contributed by atoms with Crippen molar-refractivity contribution in [2.24, 2.45) is 11.3 Å². The Bertz CT molecular complexity index is 793. The molecule has 0 aliphatic heterocycles. The van der Waals surface area contributed by atoms with Gasteiger partial charge in [0.1, 0.15) is 5.78 Å². The molecule has 0 saturated heterocycles. The minimum Gasteiger partial charge on any atom is -0.299 e. The van der Waals surface area contributed by atoms with E-state index in [1.54, 1.807) is 0 Å². The van der Waals surface area contributed by atoms with Crippen LogP contribution in [0.15, 0.2) is 54.6 Å². The third-order valence-corrected chi connectivity index (χ3v) is 7.79. The molecule has 4 saturated carbocycles. The van der Waals surface area contributed by atoms with Crippen LogP contribution in [0.2, 0.25) is 0 Å². The van der Waals surface area contributed by atoms with Crippen LogP contribution in [0.1, 0.15) is 81.4 Å². The zero-order chi connectivity index (χ0) is 19.8. The van der Waals surface area contributed by atoms with Crippen LogP contribution in [0.5, 0.6) is 0 Å². The summed E-state index contributed by atoms with van der Waals surface area (Å²) in [5.74, 6) is 1.38. The number of aryl methyl sites for hydroxylation is 1. The highest BCUT2D eigenvalue weighted by atomic mass is 16.1. The van der Waals surface area contributed by atoms with Crippen molar-refractivity contribution in [1.29, 1.82) is 0 Å². The Balaban J connectivity index is 0.000000932. The van der Waals surface area contributed by atoms with E-state index in [-0.39, 0.29) is 5.41 Å². The lowest BCUT2D eigenvalue weighted by molar-refractivity contribution is -0.137. The topological polar surface area (TPSA) is 17.1 Å². The quantitative estimate of drug-likeness (QED) is 0.564. The van der Waals surface area contributed by atoms with Gasteiger partial charge >= 0.3 is 0 Å². The van der Waals surface area contributed by atoms with Crippen LogP contribution < -0.4 is 0 Å². The van der Waals surface area contributed by atoms with Crippen molar-refractivity contribution in [1.82, 2.24) is 0 Å². The van der Waals surface area contributed by atoms with Crippen LogP contribution in [0.3, 0.4) is 0 Å². The average molecular weight is 375 g/mol. The zero-order valence-corrected chi connectivity index (χ0v) is 17.7. The van der Waals surface area contributed by atoms with Crippen molar-refractivity contribution in [3.63, 3.8) is 0 Å². The Morgan fingerprint density at radius 1 is 0.821 bits per heavy atom. The first-order valence-electron chi connectivity index (χ1n) is 11.3. The average Bonchev–Trinajstić information content (AvgIpc) is 3.58. The highest BCUT2D eigenvalue weighted by molar-refractivity contribution is 5.90. The van der Waals surface area contributed by atoms with Gasteiger partial charge in [-0.25, -0.2) is 0 Å². The van der Waals surface area contributed by atoms with Gasteiger partial charge in [-0.1, -0.05) is 74.0 Å². The number of fused-ring (bicyclic) bond motifs is 3. The van der Waals surface area contributed by atoms with Crippen molar-refractivity contribution in [2.45, 2.75) is 77.0 Å². The summed E-state index contributed by atoms with van der Waals surface area (Å²) in [6, 6.07) is 19.9. The second kappa shape index (κ2) is 7.50. The predicted molar refractivity (Wildman–Crippen MR) is 117 cm³/mol. The smallest absolute Gasteiger partial charge is 0.142 e. The normalized spacial score (nSPS) is 33.0. The molecule has 0 amide bonds. The summed E-state index contributed by atoms with van der Waals surface area (Å²) < 4.78 is 0. The van der Waals surface area contributed by atoms with Gasteiger partial charge in [-0.05, 0) is 74.3 Å². The third-order valence-electron chi connectivity index (χ3n) is 7.79. The van der Waals surface area contributed by atoms with Gasteiger partial charge in [0.2, 0.25) is 0 Å². The monoisotopic (exact) mass is 374 g/mol. The van der Waals surface area contributed by atoms with E-state index in [0.717, 1.165) is 25.7 Å². The largest absolute Gasteiger partial charge is 0.299 e. The van der Waals surface area contributed by atoms with Gasteiger partial charge < -0.3 is 0 Å². The first-order chi connectivity index (χ1) is 13.6. The summed E-state index contributed by atoms with van der Waals surface area (Å²) in [5, 5.41) is 0. The minimum atomic E-state index is 0.000639. The van der Waals surface area contributed by atoms with E-state index in [9.17, 15) is 4.79 Å². The van der Waals surface area contributed by atoms with E-state index < -0.39 is 0 Å². The van der Waals surface area contributed by atoms with E-state index in [2.05, 4.69) is 61.5 Å². The summed E-state index contributed by atoms with van der Waals surface area (Å²) in [5.41, 5.74) is 4.53. The Labute approximate surface area is 170 Å². The van der Waals surface area contributed by atoms with Crippen LogP contribution in [-0.2, 0) is 10.2 Å². The number of benzene rings is 2. The van der Waals surface area contributed by atoms with E-state index >= 15 is 0 Å². The molecule has 0 radical (unpaired) electrons. The molecule has 2 atom stereocenters. The molecule has 4 aliphatic carbocycles. The molecule has 0 N–H and O–H groups in total. The van der Waals surface area contributed by atoms with Crippen LogP contribution in [0.4, 0.5) is 0 Å². The highest BCUT2D eigenvalue weighted by Gasteiger charge is 2.57. The molecule has 4 aliphatic rings. The SMILES string of the molecule is CC.Cc1ccc(C2CC2C(=O)C23CCC(c4ccccc4)(CC2)CC3)cc1. The molecular formula is C27H34O. The molecule has 2 aromatic rings. The molecule has 0 spiro atoms. The van der Waals surface area contributed by atoms with Crippen LogP contribution in [0, 0.1) is 18.3 Å². The lowest BCUT2D eigenvalue weighted by Crippen LogP contribution is -2.48. The van der Waals surface area contributed by atoms with Gasteiger partial charge in [0.15, 0.2) is 0 Å². The summed E-state index contributed by atoms with van der Waals surface area (Å²) in [6.45, 7) is 6.13. The van der Waals surface area contributed by atoms with E-state index in [0.29, 0.717) is 23.0 Å². The molecule has 2 unspecified atom stereocenters. The van der Waals surface area contributed by atoms with Crippen molar-refractivity contribution in [2.75, 3.05) is 0 Å². The van der Waals surface area contributed by atoms with Crippen molar-refractivity contribution in [3.8, 4) is 0 Å². The molecule has 1 nitrogen and oxygen atoms in total. The number of hydrogen-bond donors (Lipinski definition) is 0. The zero-order valence-electron chi connectivity index (χ0n) is 17.7. The first-order valence-corrected chi connectivity index (χ1v) is 11.3. The molecule has 0 aromatic heterocycles. The number of hydrogen-bond acceptors (Lipinski definition) is 1. The van der Waals surface area contributed by atoms with Crippen LogP contribution >= 0.6 is 0 Å². The number of rotatable bonds is 4. The summed E-state index contributed by atoms with van der Waals surface area (Å²) >= 11 is 0. The Kier molecular flexibility index (Phi) is 5.21. The fraction of sp³-hybridized carbons (Fsp3) is 0.519. The molecular weight excluding hydrogens is 340 g/mol. The van der Waals surface area contributed by atoms with E-state index in [4.69, 9.17) is 0 Å². The summed E-state index contributed by atoms with van der Waals surface area (Å²) in [4.78, 5) is 13.4. The lowest BCUT2D eigenvalue weighted by atomic mass is 9.50. The fourth-order valence-corrected chi connectivity index (χ4v) is 5.84. The van der Waals surface area contributed by atoms with Crippen molar-refractivity contribution in [3.05, 3.63) is 71.3 Å². The minimum absolute atomic E-state index is 0.000639. The summed E-state index contributed by atoms with van der Waals surface area (Å²) in [6.07, 6.45) is 8.00. The van der Waals surface area contributed by atoms with Crippen LogP contribution in [0.25, 0.3) is 0 Å². The standard InChI is InChI=1S/C25H28O.C2H6/c1-18-7-9-19(10-8-18)21-17-22(21)23(26)25-14-11-24(12-15-25,13-16-25)20-5-3-2-4-6-20;1-2/h2-10,21-22H,11-17H2,1H3;1-2H3. The van der Waals surface area contributed by atoms with Gasteiger partial charge in [-0.3, -0.25) is 4.79 Å². The van der Waals surface area contributed by atoms with Gasteiger partial charge in [-0.2, -0.15) is 0 Å². The molecule has 28 heavy (non-hydrogen) atoms. The maximum absolute atomic E-state index is 13.4. The lowest BCUT2D eigenvalue weighted by Gasteiger charge is -2.53. The van der Waals surface area contributed by atoms with Crippen molar-refractivity contribution < 1.29 is 4.79 Å². The van der Waals surface area contributed by atoms with Gasteiger partial charge in [0.05, 0.1) is 0 Å². The highest BCUT2D eigenvalue weighted by Crippen LogP contribution is 2.62. The molecule has 4 fully saturated rings. The van der Waals surface area contributed by atoms with E-state index in [1.165, 1.54) is 36.0 Å². The molecule has 2 bridgehead atoms. The molecule has 0 heterocycles. The third kappa shape index (κ3) is 3.23. The predicted octanol–water partition coefficient (Wildman–Crippen LogP) is 6.99. The van der Waals surface area contributed by atoms with Gasteiger partial charge in [0, 0.05) is 11.3 Å². The van der Waals surface area contributed by atoms with Gasteiger partial charge in [0.25, 0.3) is 0 Å². The van der Waals surface area contributed by atoms with E-state index in [1.807, 2.05) is 13.8 Å². The van der Waals surface area contributed by atoms with Crippen LogP contribution in [-0.4, -0.2) is 5.78 Å². The van der Waals surface area contributed by atoms with Crippen molar-refractivity contribution >= 4 is 5.78 Å². The Morgan fingerprint density at radius 2 is 1.39 bits per heavy atom. The first kappa shape index (κ1) is 19.4. The Morgan fingerprint density at radius 3 is 1.96 bits per heavy atom. The number of Topliss-reactive ketones (excluding diaryl/α,β-unsaturated/α-hetero) is 1. The maximum atomic E-state index is 13.4. The number of ketones is 1. The second-order valence-corrected chi connectivity index (χ2v) is 9.15. The fourth-order valence-electron chi connectivity index (χ4n) is 5.84. The Hall–Kier alpha value is -1.89. The molecule has 1 heteroatoms. The number of carbonyl (C=O) groups is 1. The molecule has 6 rings (SSSR count). The maximum Gasteiger partial charge on any atom is 0.142 e. The second-order valence-electron chi connectivity index (χ2n) is 9.15. The number of carbonyl (C=O) groups excluding carboxylic acids is 1. The van der Waals surface area contributed by atoms with Gasteiger partial charge in [-0.15, -0.1) is 0 Å². The molecule has 148 valence electrons. The molecule has 2 aromatic carbocycles.